The first-order valence-corrected chi connectivity index (χ1v) is 13.3. The van der Waals surface area contributed by atoms with E-state index in [1.54, 1.807) is 19.2 Å². The number of nitrogens with one attached hydrogen (secondary N) is 1. The average Bonchev–Trinajstić information content (AvgIpc) is 3.00. The number of non-ortho nitro benzene ring substituents is 1. The summed E-state index contributed by atoms with van der Waals surface area (Å²) in [6.45, 7) is 2.80. The highest BCUT2D eigenvalue weighted by Gasteiger charge is 2.14. The first-order chi connectivity index (χ1) is 20.4. The Labute approximate surface area is 247 Å². The number of carbonyl (C=O) groups is 1. The predicted octanol–water partition coefficient (Wildman–Crippen LogP) is 6.58. The zero-order chi connectivity index (χ0) is 29.9. The smallest absolute Gasteiger partial charge is 0.271 e. The third kappa shape index (κ3) is 7.98. The number of benzene rings is 4. The number of halogens is 1. The highest BCUT2D eigenvalue weighted by atomic mass is 35.5. The van der Waals surface area contributed by atoms with E-state index in [-0.39, 0.29) is 17.9 Å². The van der Waals surface area contributed by atoms with E-state index < -0.39 is 10.8 Å². The fourth-order valence-corrected chi connectivity index (χ4v) is 4.12. The van der Waals surface area contributed by atoms with E-state index in [1.165, 1.54) is 30.5 Å². The number of carbonyl (C=O) groups excluding carboxylic acids is 1. The van der Waals surface area contributed by atoms with E-state index in [9.17, 15) is 14.9 Å². The van der Waals surface area contributed by atoms with E-state index in [4.69, 9.17) is 30.5 Å². The molecule has 11 heteroatoms. The summed E-state index contributed by atoms with van der Waals surface area (Å²) in [6, 6.07) is 23.9. The zero-order valence-electron chi connectivity index (χ0n) is 22.9. The van der Waals surface area contributed by atoms with Gasteiger partial charge in [-0.05, 0) is 60.0 Å². The molecule has 0 aromatic heterocycles. The number of amides is 1. The summed E-state index contributed by atoms with van der Waals surface area (Å²) in [5, 5.41) is 15.0. The standard InChI is InChI=1S/C31H28ClN3O7/c1-3-40-29-17-23(18-33-34-31(36)24-10-12-25(13-11-24)35(37)38)15-26(32)30(29)42-20-22-9-14-27(28(16-22)39-2)41-19-21-7-5-4-6-8-21/h4-18H,3,19-20H2,1-2H3,(H,34,36)/b33-18+. The lowest BCUT2D eigenvalue weighted by molar-refractivity contribution is -0.384. The van der Waals surface area contributed by atoms with Crippen LogP contribution in [0.15, 0.2) is 90.0 Å². The van der Waals surface area contributed by atoms with Gasteiger partial charge in [-0.25, -0.2) is 5.43 Å². The minimum Gasteiger partial charge on any atom is -0.493 e. The van der Waals surface area contributed by atoms with Crippen LogP contribution in [0.4, 0.5) is 5.69 Å². The van der Waals surface area contributed by atoms with E-state index >= 15 is 0 Å². The molecule has 0 aliphatic heterocycles. The topological polar surface area (TPSA) is 122 Å². The van der Waals surface area contributed by atoms with Gasteiger partial charge in [0.1, 0.15) is 13.2 Å². The van der Waals surface area contributed by atoms with Crippen LogP contribution in [0.2, 0.25) is 5.02 Å². The molecule has 0 saturated heterocycles. The van der Waals surface area contributed by atoms with Gasteiger partial charge in [-0.3, -0.25) is 14.9 Å². The normalized spacial score (nSPS) is 10.7. The van der Waals surface area contributed by atoms with Crippen LogP contribution in [0.1, 0.15) is 34.0 Å². The average molecular weight is 590 g/mol. The van der Waals surface area contributed by atoms with Crippen molar-refractivity contribution in [3.05, 3.63) is 122 Å². The van der Waals surface area contributed by atoms with Gasteiger partial charge in [0.15, 0.2) is 23.0 Å². The minimum atomic E-state index is -0.539. The lowest BCUT2D eigenvalue weighted by atomic mass is 10.2. The summed E-state index contributed by atoms with van der Waals surface area (Å²) in [5.74, 6) is 1.42. The summed E-state index contributed by atoms with van der Waals surface area (Å²) in [7, 11) is 1.58. The molecule has 0 spiro atoms. The van der Waals surface area contributed by atoms with Crippen LogP contribution in [0.3, 0.4) is 0 Å². The Hall–Kier alpha value is -5.09. The molecule has 0 aliphatic rings. The van der Waals surface area contributed by atoms with Crippen molar-refractivity contribution in [2.75, 3.05) is 13.7 Å². The maximum atomic E-state index is 12.3. The quantitative estimate of drug-likeness (QED) is 0.106. The number of hydrogen-bond donors (Lipinski definition) is 1. The fourth-order valence-electron chi connectivity index (χ4n) is 3.84. The van der Waals surface area contributed by atoms with Gasteiger partial charge in [0.2, 0.25) is 0 Å². The van der Waals surface area contributed by atoms with Gasteiger partial charge in [-0.15, -0.1) is 0 Å². The molecule has 0 radical (unpaired) electrons. The number of rotatable bonds is 13. The second-order valence-corrected chi connectivity index (χ2v) is 9.22. The summed E-state index contributed by atoms with van der Waals surface area (Å²) in [4.78, 5) is 22.6. The first kappa shape index (κ1) is 29.9. The molecule has 42 heavy (non-hydrogen) atoms. The second kappa shape index (κ2) is 14.5. The molecular weight excluding hydrogens is 562 g/mol. The Kier molecular flexibility index (Phi) is 10.3. The molecule has 1 N–H and O–H groups in total. The largest absolute Gasteiger partial charge is 0.493 e. The Balaban J connectivity index is 1.41. The van der Waals surface area contributed by atoms with Crippen molar-refractivity contribution in [2.45, 2.75) is 20.1 Å². The van der Waals surface area contributed by atoms with Gasteiger partial charge in [0.05, 0.1) is 29.9 Å². The lowest BCUT2D eigenvalue weighted by Gasteiger charge is -2.16. The molecule has 4 aromatic carbocycles. The van der Waals surface area contributed by atoms with Crippen LogP contribution in [0, 0.1) is 10.1 Å². The second-order valence-electron chi connectivity index (χ2n) is 8.81. The van der Waals surface area contributed by atoms with E-state index in [0.29, 0.717) is 46.8 Å². The molecule has 0 unspecified atom stereocenters. The third-order valence-corrected chi connectivity index (χ3v) is 6.18. The molecule has 0 atom stereocenters. The highest BCUT2D eigenvalue weighted by Crippen LogP contribution is 2.37. The number of methoxy groups -OCH3 is 1. The number of nitrogens with zero attached hydrogens (tertiary/aromatic N) is 2. The maximum Gasteiger partial charge on any atom is 0.271 e. The van der Waals surface area contributed by atoms with Gasteiger partial charge >= 0.3 is 0 Å². The molecule has 0 heterocycles. The molecule has 0 aliphatic carbocycles. The van der Waals surface area contributed by atoms with Crippen molar-refractivity contribution in [3.8, 4) is 23.0 Å². The molecule has 0 saturated carbocycles. The Morgan fingerprint density at radius 1 is 0.905 bits per heavy atom. The number of hydrogen-bond acceptors (Lipinski definition) is 8. The molecule has 0 bridgehead atoms. The van der Waals surface area contributed by atoms with Crippen molar-refractivity contribution >= 4 is 29.4 Å². The van der Waals surface area contributed by atoms with E-state index in [0.717, 1.165) is 11.1 Å². The number of nitro groups is 1. The van der Waals surface area contributed by atoms with Crippen molar-refractivity contribution in [2.24, 2.45) is 5.10 Å². The van der Waals surface area contributed by atoms with Gasteiger partial charge in [-0.1, -0.05) is 48.0 Å². The first-order valence-electron chi connectivity index (χ1n) is 12.9. The van der Waals surface area contributed by atoms with Gasteiger partial charge < -0.3 is 18.9 Å². The van der Waals surface area contributed by atoms with E-state index in [2.05, 4.69) is 10.5 Å². The summed E-state index contributed by atoms with van der Waals surface area (Å²) >= 11 is 6.54. The summed E-state index contributed by atoms with van der Waals surface area (Å²) in [6.07, 6.45) is 1.40. The van der Waals surface area contributed by atoms with Crippen molar-refractivity contribution < 1.29 is 28.7 Å². The summed E-state index contributed by atoms with van der Waals surface area (Å²) < 4.78 is 23.2. The highest BCUT2D eigenvalue weighted by molar-refractivity contribution is 6.32. The van der Waals surface area contributed by atoms with E-state index in [1.807, 2.05) is 55.5 Å². The number of ether oxygens (including phenoxy) is 4. The molecule has 216 valence electrons. The van der Waals surface area contributed by atoms with Crippen LogP contribution >= 0.6 is 11.6 Å². The minimum absolute atomic E-state index is 0.112. The number of nitro benzene ring substituents is 1. The molecular formula is C31H28ClN3O7. The van der Waals surface area contributed by atoms with Gasteiger partial charge in [0.25, 0.3) is 11.6 Å². The van der Waals surface area contributed by atoms with Crippen molar-refractivity contribution in [1.29, 1.82) is 0 Å². The fraction of sp³-hybridized carbons (Fsp3) is 0.161. The van der Waals surface area contributed by atoms with Crippen LogP contribution in [-0.4, -0.2) is 30.8 Å². The van der Waals surface area contributed by atoms with Crippen LogP contribution in [0.5, 0.6) is 23.0 Å². The Bertz CT molecular complexity index is 1560. The van der Waals surface area contributed by atoms with Gasteiger partial charge in [0, 0.05) is 17.7 Å². The van der Waals surface area contributed by atoms with Gasteiger partial charge in [-0.2, -0.15) is 5.10 Å². The third-order valence-electron chi connectivity index (χ3n) is 5.90. The summed E-state index contributed by atoms with van der Waals surface area (Å²) in [5.41, 5.74) is 4.93. The SMILES string of the molecule is CCOc1cc(/C=N/NC(=O)c2ccc([N+](=O)[O-])cc2)cc(Cl)c1OCc1ccc(OCc2ccccc2)c(OC)c1. The zero-order valence-corrected chi connectivity index (χ0v) is 23.7. The Morgan fingerprint density at radius 3 is 2.33 bits per heavy atom. The molecule has 10 nitrogen and oxygen atoms in total. The number of hydrazone groups is 1. The maximum absolute atomic E-state index is 12.3. The predicted molar refractivity (Wildman–Crippen MR) is 159 cm³/mol. The molecule has 1 amide bonds. The van der Waals surface area contributed by atoms with Crippen molar-refractivity contribution in [3.63, 3.8) is 0 Å². The van der Waals surface area contributed by atoms with Crippen LogP contribution in [0.25, 0.3) is 0 Å². The molecule has 0 fully saturated rings. The molecule has 4 rings (SSSR count). The monoisotopic (exact) mass is 589 g/mol. The van der Waals surface area contributed by atoms with Crippen LogP contribution < -0.4 is 24.4 Å². The van der Waals surface area contributed by atoms with Crippen LogP contribution in [-0.2, 0) is 13.2 Å². The van der Waals surface area contributed by atoms with Crippen molar-refractivity contribution in [1.82, 2.24) is 5.43 Å². The molecule has 4 aromatic rings. The lowest BCUT2D eigenvalue weighted by Crippen LogP contribution is -2.17. The Morgan fingerprint density at radius 2 is 1.64 bits per heavy atom.